The molecule has 0 radical (unpaired) electrons. The highest BCUT2D eigenvalue weighted by Gasteiger charge is 2.13. The molecule has 0 saturated heterocycles. The van der Waals surface area contributed by atoms with Crippen LogP contribution in [0.1, 0.15) is 0 Å². The highest BCUT2D eigenvalue weighted by Crippen LogP contribution is 2.34. The monoisotopic (exact) mass is 224 g/mol. The zero-order valence-corrected chi connectivity index (χ0v) is 8.78. The molecule has 1 heterocycles. The Bertz CT molecular complexity index is 394. The Morgan fingerprint density at radius 1 is 1.44 bits per heavy atom. The number of carbonyl (C=O) groups is 1. The van der Waals surface area contributed by atoms with Gasteiger partial charge in [-0.2, -0.15) is 0 Å². The molecule has 0 fully saturated rings. The maximum absolute atomic E-state index is 11.1. The zero-order valence-electron chi connectivity index (χ0n) is 8.78. The molecule has 0 unspecified atom stereocenters. The van der Waals surface area contributed by atoms with Gasteiger partial charge in [0.1, 0.15) is 5.75 Å². The van der Waals surface area contributed by atoms with Gasteiger partial charge in [-0.15, -0.1) is 0 Å². The van der Waals surface area contributed by atoms with Crippen molar-refractivity contribution in [1.29, 1.82) is 0 Å². The summed E-state index contributed by atoms with van der Waals surface area (Å²) in [4.78, 5) is 11.1. The molecule has 0 spiro atoms. The Labute approximate surface area is 92.5 Å². The van der Waals surface area contributed by atoms with Gasteiger partial charge >= 0.3 is 0 Å². The number of benzene rings is 1. The van der Waals surface area contributed by atoms with Crippen LogP contribution in [-0.2, 0) is 4.79 Å². The second kappa shape index (κ2) is 4.71. The number of hydrogen-bond donors (Lipinski definition) is 2. The average Bonchev–Trinajstić information content (AvgIpc) is 2.74. The third kappa shape index (κ3) is 2.34. The van der Waals surface area contributed by atoms with Crippen LogP contribution in [0.5, 0.6) is 17.2 Å². The Hall–Kier alpha value is -1.95. The van der Waals surface area contributed by atoms with Crippen molar-refractivity contribution in [2.45, 2.75) is 0 Å². The van der Waals surface area contributed by atoms with Crippen LogP contribution in [0.3, 0.4) is 0 Å². The molecule has 1 aliphatic heterocycles. The summed E-state index contributed by atoms with van der Waals surface area (Å²) in [6.07, 6.45) is 0. The number of hydrogen-bond acceptors (Lipinski definition) is 5. The Balaban J connectivity index is 1.93. The lowest BCUT2D eigenvalue weighted by atomic mass is 10.3. The third-order valence-electron chi connectivity index (χ3n) is 1.98. The fourth-order valence-electron chi connectivity index (χ4n) is 1.29. The molecular formula is C10H12N2O4. The van der Waals surface area contributed by atoms with Gasteiger partial charge < -0.3 is 14.2 Å². The molecule has 16 heavy (non-hydrogen) atoms. The molecule has 0 bridgehead atoms. The van der Waals surface area contributed by atoms with Gasteiger partial charge in [0.2, 0.25) is 6.79 Å². The van der Waals surface area contributed by atoms with E-state index in [-0.39, 0.29) is 19.3 Å². The minimum absolute atomic E-state index is 0.0551. The van der Waals surface area contributed by atoms with Crippen molar-refractivity contribution in [3.8, 4) is 17.2 Å². The van der Waals surface area contributed by atoms with E-state index in [0.717, 1.165) is 0 Å². The van der Waals surface area contributed by atoms with Crippen LogP contribution in [0.25, 0.3) is 0 Å². The van der Waals surface area contributed by atoms with E-state index in [4.69, 9.17) is 14.2 Å². The van der Waals surface area contributed by atoms with Crippen LogP contribution >= 0.6 is 0 Å². The van der Waals surface area contributed by atoms with Crippen LogP contribution in [0.2, 0.25) is 0 Å². The molecule has 0 aromatic heterocycles. The molecule has 1 amide bonds. The van der Waals surface area contributed by atoms with E-state index in [1.54, 1.807) is 25.2 Å². The summed E-state index contributed by atoms with van der Waals surface area (Å²) in [5, 5.41) is 0. The molecule has 0 aliphatic carbocycles. The van der Waals surface area contributed by atoms with Gasteiger partial charge in [-0.25, -0.2) is 5.43 Å². The third-order valence-corrected chi connectivity index (χ3v) is 1.98. The van der Waals surface area contributed by atoms with Crippen LogP contribution in [0.4, 0.5) is 0 Å². The van der Waals surface area contributed by atoms with Crippen molar-refractivity contribution >= 4 is 5.91 Å². The summed E-state index contributed by atoms with van der Waals surface area (Å²) in [7, 11) is 1.61. The predicted molar refractivity (Wildman–Crippen MR) is 55.3 cm³/mol. The summed E-state index contributed by atoms with van der Waals surface area (Å²) in [5.41, 5.74) is 4.92. The number of nitrogens with one attached hydrogen (secondary N) is 2. The molecule has 1 aromatic carbocycles. The largest absolute Gasteiger partial charge is 0.484 e. The molecule has 2 rings (SSSR count). The van der Waals surface area contributed by atoms with Crippen molar-refractivity contribution < 1.29 is 19.0 Å². The molecule has 1 aliphatic rings. The van der Waals surface area contributed by atoms with E-state index in [1.165, 1.54) is 0 Å². The fraction of sp³-hybridized carbons (Fsp3) is 0.300. The van der Waals surface area contributed by atoms with E-state index >= 15 is 0 Å². The van der Waals surface area contributed by atoms with Gasteiger partial charge in [-0.3, -0.25) is 10.2 Å². The fourth-order valence-corrected chi connectivity index (χ4v) is 1.29. The van der Waals surface area contributed by atoms with Crippen LogP contribution in [0.15, 0.2) is 18.2 Å². The van der Waals surface area contributed by atoms with E-state index < -0.39 is 0 Å². The van der Waals surface area contributed by atoms with Gasteiger partial charge in [0.05, 0.1) is 0 Å². The Kier molecular flexibility index (Phi) is 3.11. The van der Waals surface area contributed by atoms with E-state index in [9.17, 15) is 4.79 Å². The Morgan fingerprint density at radius 2 is 2.25 bits per heavy atom. The SMILES string of the molecule is CNNC(=O)COc1ccc2c(c1)OCO2. The van der Waals surface area contributed by atoms with E-state index in [0.29, 0.717) is 17.2 Å². The first-order valence-corrected chi connectivity index (χ1v) is 4.77. The van der Waals surface area contributed by atoms with Crippen molar-refractivity contribution in [1.82, 2.24) is 10.9 Å². The Morgan fingerprint density at radius 3 is 3.06 bits per heavy atom. The molecule has 0 saturated carbocycles. The predicted octanol–water partition coefficient (Wildman–Crippen LogP) is 0.0447. The average molecular weight is 224 g/mol. The maximum atomic E-state index is 11.1. The van der Waals surface area contributed by atoms with Crippen molar-refractivity contribution in [3.05, 3.63) is 18.2 Å². The van der Waals surface area contributed by atoms with Crippen molar-refractivity contribution in [2.24, 2.45) is 0 Å². The van der Waals surface area contributed by atoms with E-state index in [1.807, 2.05) is 0 Å². The van der Waals surface area contributed by atoms with Gasteiger partial charge in [0, 0.05) is 13.1 Å². The number of amides is 1. The number of rotatable bonds is 4. The van der Waals surface area contributed by atoms with Crippen molar-refractivity contribution in [3.63, 3.8) is 0 Å². The summed E-state index contributed by atoms with van der Waals surface area (Å²) in [5.74, 6) is 1.63. The summed E-state index contributed by atoms with van der Waals surface area (Å²) >= 11 is 0. The molecule has 2 N–H and O–H groups in total. The summed E-state index contributed by atoms with van der Waals surface area (Å²) in [6.45, 7) is 0.166. The van der Waals surface area contributed by atoms with Gasteiger partial charge in [-0.05, 0) is 12.1 Å². The smallest absolute Gasteiger partial charge is 0.271 e. The lowest BCUT2D eigenvalue weighted by molar-refractivity contribution is -0.123. The van der Waals surface area contributed by atoms with Crippen LogP contribution in [-0.4, -0.2) is 26.4 Å². The highest BCUT2D eigenvalue weighted by atomic mass is 16.7. The molecule has 6 heteroatoms. The topological polar surface area (TPSA) is 68.8 Å². The molecule has 86 valence electrons. The second-order valence-corrected chi connectivity index (χ2v) is 3.10. The number of ether oxygens (including phenoxy) is 3. The lowest BCUT2D eigenvalue weighted by Gasteiger charge is -2.06. The minimum atomic E-state index is -0.250. The highest BCUT2D eigenvalue weighted by molar-refractivity contribution is 5.76. The van der Waals surface area contributed by atoms with Gasteiger partial charge in [0.15, 0.2) is 18.1 Å². The molecule has 6 nitrogen and oxygen atoms in total. The number of hydrazine groups is 1. The second-order valence-electron chi connectivity index (χ2n) is 3.10. The first kappa shape index (κ1) is 10.6. The quantitative estimate of drug-likeness (QED) is 0.707. The lowest BCUT2D eigenvalue weighted by Crippen LogP contribution is -2.37. The van der Waals surface area contributed by atoms with Crippen LogP contribution in [0, 0.1) is 0 Å². The minimum Gasteiger partial charge on any atom is -0.484 e. The normalized spacial score (nSPS) is 12.3. The summed E-state index contributed by atoms with van der Waals surface area (Å²) < 4.78 is 15.6. The molecule has 0 atom stereocenters. The van der Waals surface area contributed by atoms with Gasteiger partial charge in [-0.1, -0.05) is 0 Å². The molecule has 1 aromatic rings. The number of carbonyl (C=O) groups excluding carboxylic acids is 1. The maximum Gasteiger partial charge on any atom is 0.271 e. The van der Waals surface area contributed by atoms with E-state index in [2.05, 4.69) is 10.9 Å². The van der Waals surface area contributed by atoms with Crippen molar-refractivity contribution in [2.75, 3.05) is 20.4 Å². The molecular weight excluding hydrogens is 212 g/mol. The first-order valence-electron chi connectivity index (χ1n) is 4.77. The zero-order chi connectivity index (χ0) is 11.4. The number of fused-ring (bicyclic) bond motifs is 1. The van der Waals surface area contributed by atoms with Crippen LogP contribution < -0.4 is 25.1 Å². The van der Waals surface area contributed by atoms with Gasteiger partial charge in [0.25, 0.3) is 5.91 Å². The summed E-state index contributed by atoms with van der Waals surface area (Å²) in [6, 6.07) is 5.16. The standard InChI is InChI=1S/C10H12N2O4/c1-11-12-10(13)5-14-7-2-3-8-9(4-7)16-6-15-8/h2-4,11H,5-6H2,1H3,(H,12,13). The first-order chi connectivity index (χ1) is 7.79.